The fourth-order valence-corrected chi connectivity index (χ4v) is 2.78. The molecule has 1 unspecified atom stereocenters. The van der Waals surface area contributed by atoms with E-state index in [0.717, 1.165) is 36.0 Å². The molecule has 1 aliphatic rings. The third-order valence-electron chi connectivity index (χ3n) is 3.47. The van der Waals surface area contributed by atoms with E-state index >= 15 is 0 Å². The lowest BCUT2D eigenvalue weighted by atomic mass is 9.99. The maximum Gasteiger partial charge on any atom is 0.0459 e. The van der Waals surface area contributed by atoms with Crippen molar-refractivity contribution in [3.8, 4) is 0 Å². The average Bonchev–Trinajstić information content (AvgIpc) is 2.32. The van der Waals surface area contributed by atoms with Gasteiger partial charge in [0.1, 0.15) is 0 Å². The zero-order valence-electron chi connectivity index (χ0n) is 10.5. The van der Waals surface area contributed by atoms with E-state index in [1.807, 2.05) is 0 Å². The van der Waals surface area contributed by atoms with Gasteiger partial charge in [-0.05, 0) is 49.4 Å². The minimum Gasteiger partial charge on any atom is -0.371 e. The SMILES string of the molecule is CC1CCCN(c2ccc(CCN)c(Cl)c2)C1. The van der Waals surface area contributed by atoms with Crippen LogP contribution in [-0.4, -0.2) is 19.6 Å². The standard InChI is InChI=1S/C14H21ClN2/c1-11-3-2-8-17(10-11)13-5-4-12(6-7-16)14(15)9-13/h4-5,9,11H,2-3,6-8,10,16H2,1H3. The zero-order valence-corrected chi connectivity index (χ0v) is 11.2. The summed E-state index contributed by atoms with van der Waals surface area (Å²) in [4.78, 5) is 2.44. The van der Waals surface area contributed by atoms with Crippen molar-refractivity contribution in [2.75, 3.05) is 24.5 Å². The third-order valence-corrected chi connectivity index (χ3v) is 3.82. The second-order valence-electron chi connectivity index (χ2n) is 5.01. The van der Waals surface area contributed by atoms with Gasteiger partial charge < -0.3 is 10.6 Å². The first-order chi connectivity index (χ1) is 8.20. The number of rotatable bonds is 3. The van der Waals surface area contributed by atoms with E-state index in [4.69, 9.17) is 17.3 Å². The summed E-state index contributed by atoms with van der Waals surface area (Å²) in [6.07, 6.45) is 3.48. The van der Waals surface area contributed by atoms with Crippen molar-refractivity contribution in [1.82, 2.24) is 0 Å². The molecule has 2 rings (SSSR count). The Bertz CT molecular complexity index is 378. The number of nitrogens with two attached hydrogens (primary N) is 1. The lowest BCUT2D eigenvalue weighted by molar-refractivity contribution is 0.447. The third kappa shape index (κ3) is 3.14. The fourth-order valence-electron chi connectivity index (χ4n) is 2.52. The Hall–Kier alpha value is -0.730. The smallest absolute Gasteiger partial charge is 0.0459 e. The van der Waals surface area contributed by atoms with E-state index < -0.39 is 0 Å². The molecule has 1 atom stereocenters. The molecular formula is C14H21ClN2. The van der Waals surface area contributed by atoms with Gasteiger partial charge in [-0.3, -0.25) is 0 Å². The first-order valence-corrected chi connectivity index (χ1v) is 6.82. The highest BCUT2D eigenvalue weighted by molar-refractivity contribution is 6.31. The molecule has 2 N–H and O–H groups in total. The van der Waals surface area contributed by atoms with Crippen LogP contribution in [0.1, 0.15) is 25.3 Å². The van der Waals surface area contributed by atoms with Gasteiger partial charge in [0, 0.05) is 23.8 Å². The Morgan fingerprint density at radius 1 is 1.47 bits per heavy atom. The molecular weight excluding hydrogens is 232 g/mol. The molecule has 1 heterocycles. The molecule has 2 nitrogen and oxygen atoms in total. The van der Waals surface area contributed by atoms with Crippen molar-refractivity contribution in [2.24, 2.45) is 11.7 Å². The summed E-state index contributed by atoms with van der Waals surface area (Å²) in [5, 5.41) is 0.853. The van der Waals surface area contributed by atoms with E-state index in [2.05, 4.69) is 30.0 Å². The van der Waals surface area contributed by atoms with Gasteiger partial charge in [-0.15, -0.1) is 0 Å². The Balaban J connectivity index is 2.13. The molecule has 0 radical (unpaired) electrons. The Kier molecular flexibility index (Phi) is 4.30. The van der Waals surface area contributed by atoms with Crippen LogP contribution in [0.4, 0.5) is 5.69 Å². The van der Waals surface area contributed by atoms with Gasteiger partial charge in [0.25, 0.3) is 0 Å². The predicted octanol–water partition coefficient (Wildman–Crippen LogP) is 3.08. The van der Waals surface area contributed by atoms with Crippen LogP contribution in [0.5, 0.6) is 0 Å². The van der Waals surface area contributed by atoms with E-state index in [0.29, 0.717) is 6.54 Å². The van der Waals surface area contributed by atoms with Crippen molar-refractivity contribution < 1.29 is 0 Å². The number of piperidine rings is 1. The van der Waals surface area contributed by atoms with Crippen LogP contribution >= 0.6 is 11.6 Å². The van der Waals surface area contributed by atoms with E-state index in [1.54, 1.807) is 0 Å². The molecule has 0 aromatic heterocycles. The minimum atomic E-state index is 0.653. The van der Waals surface area contributed by atoms with Gasteiger partial charge in [-0.25, -0.2) is 0 Å². The second-order valence-corrected chi connectivity index (χ2v) is 5.42. The van der Waals surface area contributed by atoms with E-state index in [1.165, 1.54) is 18.5 Å². The lowest BCUT2D eigenvalue weighted by Crippen LogP contribution is -2.34. The maximum absolute atomic E-state index is 6.28. The first-order valence-electron chi connectivity index (χ1n) is 6.44. The normalized spacial score (nSPS) is 20.6. The van der Waals surface area contributed by atoms with Crippen molar-refractivity contribution >= 4 is 17.3 Å². The van der Waals surface area contributed by atoms with Gasteiger partial charge in [-0.1, -0.05) is 24.6 Å². The number of hydrogen-bond donors (Lipinski definition) is 1. The first kappa shape index (κ1) is 12.7. The molecule has 0 spiro atoms. The van der Waals surface area contributed by atoms with Crippen LogP contribution in [0, 0.1) is 5.92 Å². The minimum absolute atomic E-state index is 0.653. The van der Waals surface area contributed by atoms with Crippen LogP contribution in [0.3, 0.4) is 0 Å². The van der Waals surface area contributed by atoms with Crippen molar-refractivity contribution in [1.29, 1.82) is 0 Å². The average molecular weight is 253 g/mol. The molecule has 0 aliphatic carbocycles. The molecule has 17 heavy (non-hydrogen) atoms. The summed E-state index contributed by atoms with van der Waals surface area (Å²) in [6, 6.07) is 6.38. The largest absolute Gasteiger partial charge is 0.371 e. The van der Waals surface area contributed by atoms with Crippen LogP contribution in [0.2, 0.25) is 5.02 Å². The van der Waals surface area contributed by atoms with Crippen molar-refractivity contribution in [2.45, 2.75) is 26.2 Å². The number of nitrogens with zero attached hydrogens (tertiary/aromatic N) is 1. The number of hydrogen-bond acceptors (Lipinski definition) is 2. The van der Waals surface area contributed by atoms with Gasteiger partial charge >= 0.3 is 0 Å². The number of benzene rings is 1. The molecule has 1 aromatic carbocycles. The summed E-state index contributed by atoms with van der Waals surface area (Å²) in [7, 11) is 0. The molecule has 0 saturated carbocycles. The summed E-state index contributed by atoms with van der Waals surface area (Å²) in [5.41, 5.74) is 7.97. The molecule has 1 fully saturated rings. The lowest BCUT2D eigenvalue weighted by Gasteiger charge is -2.33. The van der Waals surface area contributed by atoms with Crippen molar-refractivity contribution in [3.05, 3.63) is 28.8 Å². The summed E-state index contributed by atoms with van der Waals surface area (Å²) >= 11 is 6.28. The van der Waals surface area contributed by atoms with Crippen molar-refractivity contribution in [3.63, 3.8) is 0 Å². The Morgan fingerprint density at radius 3 is 2.94 bits per heavy atom. The number of anilines is 1. The van der Waals surface area contributed by atoms with Crippen LogP contribution < -0.4 is 10.6 Å². The molecule has 0 amide bonds. The molecule has 1 aliphatic heterocycles. The topological polar surface area (TPSA) is 29.3 Å². The second kappa shape index (κ2) is 5.74. The van der Waals surface area contributed by atoms with E-state index in [-0.39, 0.29) is 0 Å². The molecule has 1 saturated heterocycles. The maximum atomic E-state index is 6.28. The predicted molar refractivity (Wildman–Crippen MR) is 74.8 cm³/mol. The van der Waals surface area contributed by atoms with E-state index in [9.17, 15) is 0 Å². The summed E-state index contributed by atoms with van der Waals surface area (Å²) < 4.78 is 0. The molecule has 94 valence electrons. The highest BCUT2D eigenvalue weighted by atomic mass is 35.5. The van der Waals surface area contributed by atoms with Gasteiger partial charge in [0.2, 0.25) is 0 Å². The van der Waals surface area contributed by atoms with Crippen LogP contribution in [0.15, 0.2) is 18.2 Å². The molecule has 1 aromatic rings. The van der Waals surface area contributed by atoms with Gasteiger partial charge in [0.05, 0.1) is 0 Å². The summed E-state index contributed by atoms with van der Waals surface area (Å²) in [5.74, 6) is 0.784. The van der Waals surface area contributed by atoms with Gasteiger partial charge in [0.15, 0.2) is 0 Å². The quantitative estimate of drug-likeness (QED) is 0.896. The highest BCUT2D eigenvalue weighted by Gasteiger charge is 2.17. The van der Waals surface area contributed by atoms with Crippen LogP contribution in [0.25, 0.3) is 0 Å². The monoisotopic (exact) mass is 252 g/mol. The Labute approximate surface area is 109 Å². The van der Waals surface area contributed by atoms with Crippen LogP contribution in [-0.2, 0) is 6.42 Å². The molecule has 0 bridgehead atoms. The summed E-state index contributed by atoms with van der Waals surface area (Å²) in [6.45, 7) is 5.26. The molecule has 3 heteroatoms. The highest BCUT2D eigenvalue weighted by Crippen LogP contribution is 2.27. The van der Waals surface area contributed by atoms with Gasteiger partial charge in [-0.2, -0.15) is 0 Å². The fraction of sp³-hybridized carbons (Fsp3) is 0.571. The number of halogens is 1. The Morgan fingerprint density at radius 2 is 2.29 bits per heavy atom. The zero-order chi connectivity index (χ0) is 12.3.